The summed E-state index contributed by atoms with van der Waals surface area (Å²) in [5, 5.41) is 10.4. The lowest BCUT2D eigenvalue weighted by Gasteiger charge is -2.31. The van der Waals surface area contributed by atoms with Gasteiger partial charge >= 0.3 is 0 Å². The summed E-state index contributed by atoms with van der Waals surface area (Å²) in [5.41, 5.74) is 1.13. The molecular formula is C28H31ClN4O4S2. The summed E-state index contributed by atoms with van der Waals surface area (Å²) < 4.78 is 37.8. The van der Waals surface area contributed by atoms with Crippen LogP contribution in [-0.4, -0.2) is 44.7 Å². The SMILES string of the molecule is CC(CCCC(C)(C)O)N(Cc1ccccc1)C(=O)c1ccc(Cl)cc1NS(=O)(=O)c1cccc2nsnc12. The molecule has 0 spiro atoms. The highest BCUT2D eigenvalue weighted by Gasteiger charge is 2.27. The van der Waals surface area contributed by atoms with Crippen LogP contribution >= 0.6 is 23.3 Å². The van der Waals surface area contributed by atoms with Gasteiger partial charge in [-0.1, -0.05) is 48.0 Å². The van der Waals surface area contributed by atoms with Crippen LogP contribution in [0.15, 0.2) is 71.6 Å². The molecule has 1 aromatic heterocycles. The Morgan fingerprint density at radius 1 is 1.10 bits per heavy atom. The summed E-state index contributed by atoms with van der Waals surface area (Å²) in [6.45, 7) is 5.82. The molecule has 4 rings (SSSR count). The number of amides is 1. The molecule has 0 saturated carbocycles. The van der Waals surface area contributed by atoms with Gasteiger partial charge in [-0.25, -0.2) is 8.42 Å². The van der Waals surface area contributed by atoms with Crippen LogP contribution in [0.4, 0.5) is 5.69 Å². The molecule has 2 N–H and O–H groups in total. The number of aromatic nitrogens is 2. The third kappa shape index (κ3) is 7.33. The predicted octanol–water partition coefficient (Wildman–Crippen LogP) is 6.12. The van der Waals surface area contributed by atoms with Crippen LogP contribution in [0.5, 0.6) is 0 Å². The molecule has 8 nitrogen and oxygen atoms in total. The number of carbonyl (C=O) groups excluding carboxylic acids is 1. The summed E-state index contributed by atoms with van der Waals surface area (Å²) in [6, 6.07) is 18.7. The summed E-state index contributed by atoms with van der Waals surface area (Å²) in [5.74, 6) is -0.336. The topological polar surface area (TPSA) is 112 Å². The van der Waals surface area contributed by atoms with Gasteiger partial charge in [-0.2, -0.15) is 8.75 Å². The third-order valence-electron chi connectivity index (χ3n) is 6.39. The van der Waals surface area contributed by atoms with Crippen LogP contribution in [0.3, 0.4) is 0 Å². The Morgan fingerprint density at radius 2 is 1.85 bits per heavy atom. The molecule has 3 aromatic carbocycles. The molecular weight excluding hydrogens is 556 g/mol. The highest BCUT2D eigenvalue weighted by Crippen LogP contribution is 2.29. The van der Waals surface area contributed by atoms with Crippen molar-refractivity contribution in [2.75, 3.05) is 4.72 Å². The van der Waals surface area contributed by atoms with E-state index < -0.39 is 15.6 Å². The zero-order valence-electron chi connectivity index (χ0n) is 22.0. The van der Waals surface area contributed by atoms with Crippen LogP contribution in [-0.2, 0) is 16.6 Å². The molecule has 39 heavy (non-hydrogen) atoms. The Labute approximate surface area is 238 Å². The van der Waals surface area contributed by atoms with Gasteiger partial charge in [-0.05, 0) is 75.9 Å². The highest BCUT2D eigenvalue weighted by molar-refractivity contribution is 7.93. The van der Waals surface area contributed by atoms with Gasteiger partial charge in [0.25, 0.3) is 15.9 Å². The number of hydrogen-bond donors (Lipinski definition) is 2. The maximum atomic E-state index is 14.1. The van der Waals surface area contributed by atoms with Crippen LogP contribution in [0.25, 0.3) is 11.0 Å². The average molecular weight is 587 g/mol. The van der Waals surface area contributed by atoms with Crippen molar-refractivity contribution in [2.45, 2.75) is 63.1 Å². The second kappa shape index (κ2) is 12.0. The van der Waals surface area contributed by atoms with Crippen molar-refractivity contribution in [1.29, 1.82) is 0 Å². The van der Waals surface area contributed by atoms with E-state index >= 15 is 0 Å². The molecule has 1 unspecified atom stereocenters. The molecule has 1 amide bonds. The van der Waals surface area contributed by atoms with E-state index in [0.717, 1.165) is 23.7 Å². The third-order valence-corrected chi connectivity index (χ3v) is 8.57. The molecule has 0 aliphatic heterocycles. The number of hydrogen-bond acceptors (Lipinski definition) is 7. The van der Waals surface area contributed by atoms with Crippen molar-refractivity contribution < 1.29 is 18.3 Å². The first-order valence-corrected chi connectivity index (χ1v) is 15.1. The summed E-state index contributed by atoms with van der Waals surface area (Å²) in [6.07, 6.45) is 1.97. The predicted molar refractivity (Wildman–Crippen MR) is 156 cm³/mol. The van der Waals surface area contributed by atoms with Crippen LogP contribution < -0.4 is 4.72 Å². The maximum Gasteiger partial charge on any atom is 0.264 e. The standard InChI is InChI=1S/C28H31ClN4O4S2/c1-19(9-8-16-28(2,3)35)33(18-20-10-5-4-6-11-20)27(34)22-15-14-21(29)17-24(22)32-39(36,37)25-13-7-12-23-26(25)31-38-30-23/h4-7,10-15,17,19,32,35H,8-9,16,18H2,1-3H3. The number of benzene rings is 3. The molecule has 0 bridgehead atoms. The van der Waals surface area contributed by atoms with E-state index in [-0.39, 0.29) is 38.6 Å². The number of aliphatic hydroxyl groups is 1. The zero-order valence-corrected chi connectivity index (χ0v) is 24.4. The molecule has 0 aliphatic rings. The van der Waals surface area contributed by atoms with Crippen LogP contribution in [0, 0.1) is 0 Å². The van der Waals surface area contributed by atoms with E-state index in [1.54, 1.807) is 36.9 Å². The molecule has 1 heterocycles. The number of halogens is 1. The van der Waals surface area contributed by atoms with Crippen molar-refractivity contribution in [3.05, 3.63) is 82.9 Å². The first-order valence-electron chi connectivity index (χ1n) is 12.6. The molecule has 0 radical (unpaired) electrons. The van der Waals surface area contributed by atoms with Gasteiger partial charge in [0.05, 0.1) is 28.6 Å². The highest BCUT2D eigenvalue weighted by atomic mass is 35.5. The van der Waals surface area contributed by atoms with Gasteiger partial charge < -0.3 is 10.0 Å². The number of fused-ring (bicyclic) bond motifs is 1. The molecule has 11 heteroatoms. The molecule has 4 aromatic rings. The number of nitrogens with zero attached hydrogens (tertiary/aromatic N) is 3. The van der Waals surface area contributed by atoms with E-state index in [4.69, 9.17) is 11.6 Å². The van der Waals surface area contributed by atoms with Crippen molar-refractivity contribution >= 4 is 56.0 Å². The number of nitrogens with one attached hydrogen (secondary N) is 1. The fourth-order valence-electron chi connectivity index (χ4n) is 4.33. The zero-order chi connectivity index (χ0) is 28.2. The van der Waals surface area contributed by atoms with E-state index in [2.05, 4.69) is 13.5 Å². The fraction of sp³-hybridized carbons (Fsp3) is 0.321. The summed E-state index contributed by atoms with van der Waals surface area (Å²) in [7, 11) is -4.12. The van der Waals surface area contributed by atoms with E-state index in [1.165, 1.54) is 18.2 Å². The second-order valence-corrected chi connectivity index (χ2v) is 12.8. The van der Waals surface area contributed by atoms with Crippen molar-refractivity contribution in [3.8, 4) is 0 Å². The number of sulfonamides is 1. The van der Waals surface area contributed by atoms with Gasteiger partial charge in [-0.3, -0.25) is 9.52 Å². The van der Waals surface area contributed by atoms with Gasteiger partial charge in [0.1, 0.15) is 15.9 Å². The van der Waals surface area contributed by atoms with Gasteiger partial charge in [0, 0.05) is 17.6 Å². The Morgan fingerprint density at radius 3 is 2.56 bits per heavy atom. The number of carbonyl (C=O) groups is 1. The Kier molecular flexibility index (Phi) is 8.90. The molecule has 0 fully saturated rings. The van der Waals surface area contributed by atoms with Crippen molar-refractivity contribution in [3.63, 3.8) is 0 Å². The molecule has 0 aliphatic carbocycles. The van der Waals surface area contributed by atoms with Gasteiger partial charge in [-0.15, -0.1) is 0 Å². The number of rotatable bonds is 11. The molecule has 0 saturated heterocycles. The minimum atomic E-state index is -4.12. The van der Waals surface area contributed by atoms with Gasteiger partial charge in [0.2, 0.25) is 0 Å². The molecule has 1 atom stereocenters. The summed E-state index contributed by atoms with van der Waals surface area (Å²) in [4.78, 5) is 15.7. The van der Waals surface area contributed by atoms with Gasteiger partial charge in [0.15, 0.2) is 0 Å². The lowest BCUT2D eigenvalue weighted by Crippen LogP contribution is -2.39. The van der Waals surface area contributed by atoms with E-state index in [1.807, 2.05) is 37.3 Å². The van der Waals surface area contributed by atoms with Crippen LogP contribution in [0.1, 0.15) is 56.0 Å². The van der Waals surface area contributed by atoms with E-state index in [0.29, 0.717) is 24.9 Å². The first-order chi connectivity index (χ1) is 18.4. The van der Waals surface area contributed by atoms with Crippen LogP contribution in [0.2, 0.25) is 5.02 Å². The second-order valence-electron chi connectivity index (χ2n) is 10.2. The normalized spacial score (nSPS) is 12.8. The Hall–Kier alpha value is -3.05. The Balaban J connectivity index is 1.67. The summed E-state index contributed by atoms with van der Waals surface area (Å²) >= 11 is 7.18. The Bertz CT molecular complexity index is 1550. The average Bonchev–Trinajstić information content (AvgIpc) is 3.35. The molecule has 206 valence electrons. The minimum absolute atomic E-state index is 0.0340. The number of anilines is 1. The first kappa shape index (κ1) is 28.9. The van der Waals surface area contributed by atoms with Crippen molar-refractivity contribution in [2.24, 2.45) is 0 Å². The smallest absolute Gasteiger partial charge is 0.264 e. The quantitative estimate of drug-likeness (QED) is 0.219. The fourth-order valence-corrected chi connectivity index (χ4v) is 6.34. The lowest BCUT2D eigenvalue weighted by molar-refractivity contribution is 0.0589. The van der Waals surface area contributed by atoms with E-state index in [9.17, 15) is 18.3 Å². The minimum Gasteiger partial charge on any atom is -0.390 e. The largest absolute Gasteiger partial charge is 0.390 e. The lowest BCUT2D eigenvalue weighted by atomic mass is 9.98. The monoisotopic (exact) mass is 586 g/mol. The van der Waals surface area contributed by atoms with Crippen molar-refractivity contribution in [1.82, 2.24) is 13.6 Å². The maximum absolute atomic E-state index is 14.1.